The Labute approximate surface area is 193 Å². The minimum absolute atomic E-state index is 0.0328. The molecule has 1 N–H and O–H groups in total. The van der Waals surface area contributed by atoms with E-state index in [1.54, 1.807) is 18.0 Å². The van der Waals surface area contributed by atoms with Gasteiger partial charge in [-0.3, -0.25) is 9.59 Å². The number of aryl methyl sites for hydroxylation is 2. The second-order valence-electron chi connectivity index (χ2n) is 8.18. The lowest BCUT2D eigenvalue weighted by atomic mass is 9.97. The minimum atomic E-state index is -0.0917. The van der Waals surface area contributed by atoms with E-state index in [-0.39, 0.29) is 23.2 Å². The zero-order chi connectivity index (χ0) is 22.7. The molecule has 1 fully saturated rings. The van der Waals surface area contributed by atoms with E-state index in [0.29, 0.717) is 17.9 Å². The first kappa shape index (κ1) is 22.2. The summed E-state index contributed by atoms with van der Waals surface area (Å²) in [5, 5.41) is 3.09. The Hall–Kier alpha value is -2.99. The fourth-order valence-corrected chi connectivity index (χ4v) is 5.32. The van der Waals surface area contributed by atoms with Gasteiger partial charge in [0, 0.05) is 5.56 Å². The van der Waals surface area contributed by atoms with Gasteiger partial charge >= 0.3 is 0 Å². The van der Waals surface area contributed by atoms with E-state index < -0.39 is 0 Å². The second-order valence-corrected chi connectivity index (χ2v) is 9.25. The van der Waals surface area contributed by atoms with Crippen molar-refractivity contribution in [1.29, 1.82) is 0 Å². The number of nitrogens with zero attached hydrogens (tertiary/aromatic N) is 1. The van der Waals surface area contributed by atoms with E-state index in [1.165, 1.54) is 11.1 Å². The lowest BCUT2D eigenvalue weighted by Crippen LogP contribution is -2.29. The van der Waals surface area contributed by atoms with Crippen molar-refractivity contribution < 1.29 is 14.0 Å². The first-order valence-corrected chi connectivity index (χ1v) is 11.9. The molecule has 2 heterocycles. The van der Waals surface area contributed by atoms with Crippen molar-refractivity contribution in [2.75, 3.05) is 5.75 Å². The molecule has 0 aliphatic carbocycles. The van der Waals surface area contributed by atoms with Crippen LogP contribution in [0.15, 0.2) is 65.3 Å². The summed E-state index contributed by atoms with van der Waals surface area (Å²) in [7, 11) is 0. The van der Waals surface area contributed by atoms with E-state index in [0.717, 1.165) is 23.3 Å². The van der Waals surface area contributed by atoms with Crippen LogP contribution in [0.2, 0.25) is 0 Å². The summed E-state index contributed by atoms with van der Waals surface area (Å²) in [6.45, 7) is 6.68. The van der Waals surface area contributed by atoms with Gasteiger partial charge in [-0.25, -0.2) is 0 Å². The number of benzene rings is 2. The molecular formula is C26H28N2O3S. The summed E-state index contributed by atoms with van der Waals surface area (Å²) in [5.74, 6) is 1.21. The van der Waals surface area contributed by atoms with Crippen molar-refractivity contribution in [1.82, 2.24) is 10.2 Å². The normalized spacial score (nSPS) is 16.9. The van der Waals surface area contributed by atoms with Crippen molar-refractivity contribution in [3.05, 3.63) is 94.4 Å². The fraction of sp³-hybridized carbons (Fsp3) is 0.308. The smallest absolute Gasteiger partial charge is 0.251 e. The summed E-state index contributed by atoms with van der Waals surface area (Å²) < 4.78 is 5.42. The summed E-state index contributed by atoms with van der Waals surface area (Å²) in [5.41, 5.74) is 5.17. The summed E-state index contributed by atoms with van der Waals surface area (Å²) in [6, 6.07) is 17.6. The van der Waals surface area contributed by atoms with Crippen LogP contribution in [0.3, 0.4) is 0 Å². The average Bonchev–Trinajstić information content (AvgIpc) is 3.43. The Bertz CT molecular complexity index is 1090. The number of furan rings is 1. The highest BCUT2D eigenvalue weighted by Crippen LogP contribution is 2.39. The Balaban J connectivity index is 1.46. The van der Waals surface area contributed by atoms with Gasteiger partial charge in [0.05, 0.1) is 24.6 Å². The Morgan fingerprint density at radius 2 is 1.97 bits per heavy atom. The van der Waals surface area contributed by atoms with Crippen LogP contribution in [-0.4, -0.2) is 22.5 Å². The van der Waals surface area contributed by atoms with Gasteiger partial charge < -0.3 is 14.6 Å². The number of thioether (sulfide) groups is 1. The predicted octanol–water partition coefficient (Wildman–Crippen LogP) is 5.55. The molecule has 2 aromatic carbocycles. The number of nitrogens with one attached hydrogen (secondary N) is 1. The molecule has 5 nitrogen and oxygen atoms in total. The SMILES string of the molecule is CC[C@@H](NC(=O)c1ccc([C@H]2SCC(=O)N2Cc2ccco2)cc1)c1ccc(C)cc1C. The third kappa shape index (κ3) is 4.75. The van der Waals surface area contributed by atoms with Gasteiger partial charge in [-0.05, 0) is 61.2 Å². The van der Waals surface area contributed by atoms with E-state index in [4.69, 9.17) is 4.42 Å². The monoisotopic (exact) mass is 448 g/mol. The van der Waals surface area contributed by atoms with Crippen LogP contribution in [0.5, 0.6) is 0 Å². The number of carbonyl (C=O) groups excluding carboxylic acids is 2. The van der Waals surface area contributed by atoms with Crippen LogP contribution in [0.25, 0.3) is 0 Å². The standard InChI is InChI=1S/C26H28N2O3S/c1-4-23(22-12-7-17(2)14-18(22)3)27-25(30)19-8-10-20(11-9-19)26-28(24(29)16-32-26)15-21-6-5-13-31-21/h5-14,23,26H,4,15-16H2,1-3H3,(H,27,30)/t23-,26-/m1/s1. The zero-order valence-electron chi connectivity index (χ0n) is 18.6. The highest BCUT2D eigenvalue weighted by atomic mass is 32.2. The summed E-state index contributed by atoms with van der Waals surface area (Å²) >= 11 is 1.60. The van der Waals surface area contributed by atoms with Gasteiger partial charge in [-0.1, -0.05) is 42.8 Å². The van der Waals surface area contributed by atoms with Gasteiger partial charge in [0.15, 0.2) is 0 Å². The van der Waals surface area contributed by atoms with Crippen LogP contribution >= 0.6 is 11.8 Å². The number of hydrogen-bond donors (Lipinski definition) is 1. The van der Waals surface area contributed by atoms with Gasteiger partial charge in [0.25, 0.3) is 5.91 Å². The minimum Gasteiger partial charge on any atom is -0.467 e. The van der Waals surface area contributed by atoms with E-state index >= 15 is 0 Å². The molecule has 1 aromatic heterocycles. The maximum atomic E-state index is 12.9. The second kappa shape index (κ2) is 9.65. The van der Waals surface area contributed by atoms with Crippen LogP contribution in [-0.2, 0) is 11.3 Å². The molecule has 0 unspecified atom stereocenters. The third-order valence-corrected chi connectivity index (χ3v) is 7.10. The van der Waals surface area contributed by atoms with Gasteiger partial charge in [0.1, 0.15) is 11.1 Å². The molecule has 0 spiro atoms. The first-order valence-electron chi connectivity index (χ1n) is 10.9. The van der Waals surface area contributed by atoms with Crippen LogP contribution in [0.4, 0.5) is 0 Å². The molecular weight excluding hydrogens is 420 g/mol. The third-order valence-electron chi connectivity index (χ3n) is 5.85. The van der Waals surface area contributed by atoms with Crippen LogP contribution in [0, 0.1) is 13.8 Å². The first-order chi connectivity index (χ1) is 15.5. The summed E-state index contributed by atoms with van der Waals surface area (Å²) in [6.07, 6.45) is 2.43. The van der Waals surface area contributed by atoms with E-state index in [9.17, 15) is 9.59 Å². The molecule has 0 radical (unpaired) electrons. The molecule has 3 aromatic rings. The lowest BCUT2D eigenvalue weighted by molar-refractivity contribution is -0.128. The average molecular weight is 449 g/mol. The largest absolute Gasteiger partial charge is 0.467 e. The molecule has 1 saturated heterocycles. The molecule has 4 rings (SSSR count). The zero-order valence-corrected chi connectivity index (χ0v) is 19.4. The molecule has 0 saturated carbocycles. The predicted molar refractivity (Wildman–Crippen MR) is 127 cm³/mol. The van der Waals surface area contributed by atoms with Gasteiger partial charge in [-0.2, -0.15) is 0 Å². The topological polar surface area (TPSA) is 62.6 Å². The Morgan fingerprint density at radius 1 is 1.19 bits per heavy atom. The van der Waals surface area contributed by atoms with Crippen molar-refractivity contribution >= 4 is 23.6 Å². The molecule has 166 valence electrons. The highest BCUT2D eigenvalue weighted by Gasteiger charge is 2.33. The Kier molecular flexibility index (Phi) is 6.70. The molecule has 32 heavy (non-hydrogen) atoms. The number of amides is 2. The molecule has 6 heteroatoms. The summed E-state index contributed by atoms with van der Waals surface area (Å²) in [4.78, 5) is 27.2. The Morgan fingerprint density at radius 3 is 2.62 bits per heavy atom. The van der Waals surface area contributed by atoms with Crippen LogP contribution in [0.1, 0.15) is 63.1 Å². The molecule has 1 aliphatic rings. The van der Waals surface area contributed by atoms with Crippen molar-refractivity contribution in [2.24, 2.45) is 0 Å². The molecule has 2 atom stereocenters. The number of rotatable bonds is 7. The van der Waals surface area contributed by atoms with Gasteiger partial charge in [-0.15, -0.1) is 11.8 Å². The number of hydrogen-bond acceptors (Lipinski definition) is 4. The van der Waals surface area contributed by atoms with Crippen LogP contribution < -0.4 is 5.32 Å². The maximum Gasteiger partial charge on any atom is 0.251 e. The van der Waals surface area contributed by atoms with Crippen molar-refractivity contribution in [2.45, 2.75) is 45.2 Å². The quantitative estimate of drug-likeness (QED) is 0.515. The van der Waals surface area contributed by atoms with Crippen molar-refractivity contribution in [3.8, 4) is 0 Å². The van der Waals surface area contributed by atoms with E-state index in [1.807, 2.05) is 41.3 Å². The lowest BCUT2D eigenvalue weighted by Gasteiger charge is -2.23. The fourth-order valence-electron chi connectivity index (χ4n) is 4.13. The van der Waals surface area contributed by atoms with Crippen molar-refractivity contribution in [3.63, 3.8) is 0 Å². The molecule has 0 bridgehead atoms. The molecule has 2 amide bonds. The van der Waals surface area contributed by atoms with E-state index in [2.05, 4.69) is 44.3 Å². The maximum absolute atomic E-state index is 12.9. The molecule has 1 aliphatic heterocycles. The van der Waals surface area contributed by atoms with Gasteiger partial charge in [0.2, 0.25) is 5.91 Å². The number of carbonyl (C=O) groups is 2. The highest BCUT2D eigenvalue weighted by molar-refractivity contribution is 8.00.